The molecule has 0 aliphatic rings. The summed E-state index contributed by atoms with van der Waals surface area (Å²) >= 11 is 5.43. The maximum absolute atomic E-state index is 13.1. The van der Waals surface area contributed by atoms with E-state index >= 15 is 0 Å². The van der Waals surface area contributed by atoms with Crippen molar-refractivity contribution in [1.82, 2.24) is 0 Å². The van der Waals surface area contributed by atoms with Gasteiger partial charge in [0.2, 0.25) is 5.78 Å². The zero-order chi connectivity index (χ0) is 10.9. The number of hydrogen-bond donors (Lipinski definition) is 0. The molecule has 0 bridgehead atoms. The van der Waals surface area contributed by atoms with Crippen LogP contribution in [0.1, 0.15) is 12.5 Å². The van der Waals surface area contributed by atoms with Crippen LogP contribution < -0.4 is 0 Å². The van der Waals surface area contributed by atoms with Crippen LogP contribution in [0.5, 0.6) is 0 Å². The first-order valence-corrected chi connectivity index (χ1v) is 4.08. The van der Waals surface area contributed by atoms with E-state index in [0.29, 0.717) is 6.07 Å². The Kier molecular flexibility index (Phi) is 2.85. The summed E-state index contributed by atoms with van der Waals surface area (Å²) in [6.45, 7) is 0.723. The lowest BCUT2D eigenvalue weighted by atomic mass is 10.1. The molecular formula is C9H6ClF3O. The van der Waals surface area contributed by atoms with Crippen molar-refractivity contribution in [2.45, 2.75) is 12.8 Å². The molecule has 1 aromatic carbocycles. The van der Waals surface area contributed by atoms with Gasteiger partial charge in [-0.1, -0.05) is 11.6 Å². The largest absolute Gasteiger partial charge is 0.331 e. The van der Waals surface area contributed by atoms with Gasteiger partial charge in [0.25, 0.3) is 0 Å². The van der Waals surface area contributed by atoms with E-state index in [-0.39, 0.29) is 5.02 Å². The fourth-order valence-electron chi connectivity index (χ4n) is 0.928. The lowest BCUT2D eigenvalue weighted by molar-refractivity contribution is -0.141. The molecule has 0 aliphatic heterocycles. The summed E-state index contributed by atoms with van der Waals surface area (Å²) in [5, 5.41) is -0.327. The molecule has 0 aromatic heterocycles. The van der Waals surface area contributed by atoms with Crippen LogP contribution in [0, 0.1) is 5.82 Å². The molecule has 0 amide bonds. The summed E-state index contributed by atoms with van der Waals surface area (Å²) in [5.74, 6) is -5.96. The van der Waals surface area contributed by atoms with Crippen LogP contribution >= 0.6 is 11.6 Å². The van der Waals surface area contributed by atoms with Crippen LogP contribution in [-0.2, 0) is 10.7 Å². The van der Waals surface area contributed by atoms with Gasteiger partial charge >= 0.3 is 5.92 Å². The van der Waals surface area contributed by atoms with Crippen LogP contribution in [0.25, 0.3) is 0 Å². The van der Waals surface area contributed by atoms with Gasteiger partial charge in [-0.25, -0.2) is 4.39 Å². The molecule has 0 N–H and O–H groups in total. The van der Waals surface area contributed by atoms with Gasteiger partial charge < -0.3 is 0 Å². The molecule has 1 nitrogen and oxygen atoms in total. The third-order valence-electron chi connectivity index (χ3n) is 1.71. The van der Waals surface area contributed by atoms with Crippen LogP contribution in [0.2, 0.25) is 5.02 Å². The number of ketones is 1. The Bertz CT molecular complexity index is 376. The van der Waals surface area contributed by atoms with Crippen LogP contribution in [0.15, 0.2) is 18.2 Å². The van der Waals surface area contributed by atoms with Crippen LogP contribution in [0.4, 0.5) is 13.2 Å². The van der Waals surface area contributed by atoms with Crippen molar-refractivity contribution in [3.05, 3.63) is 34.6 Å². The van der Waals surface area contributed by atoms with Gasteiger partial charge in [-0.15, -0.1) is 0 Å². The van der Waals surface area contributed by atoms with Crippen LogP contribution in [-0.4, -0.2) is 5.78 Å². The standard InChI is InChI=1S/C9H6ClF3O/c1-5(14)9(12,13)7-4-6(11)2-3-8(7)10/h2-4H,1H3. The smallest absolute Gasteiger partial charge is 0.293 e. The van der Waals surface area contributed by atoms with Crippen molar-refractivity contribution in [3.63, 3.8) is 0 Å². The third kappa shape index (κ3) is 1.90. The molecule has 14 heavy (non-hydrogen) atoms. The first-order chi connectivity index (χ1) is 6.35. The van der Waals surface area contributed by atoms with E-state index in [9.17, 15) is 18.0 Å². The van der Waals surface area contributed by atoms with Crippen LogP contribution in [0.3, 0.4) is 0 Å². The summed E-state index contributed by atoms with van der Waals surface area (Å²) < 4.78 is 38.9. The zero-order valence-electron chi connectivity index (χ0n) is 7.15. The van der Waals surface area contributed by atoms with Gasteiger partial charge in [-0.3, -0.25) is 4.79 Å². The van der Waals surface area contributed by atoms with Crippen molar-refractivity contribution in [2.75, 3.05) is 0 Å². The summed E-state index contributed by atoms with van der Waals surface area (Å²) in [4.78, 5) is 10.6. The zero-order valence-corrected chi connectivity index (χ0v) is 7.91. The van der Waals surface area contributed by atoms with Gasteiger partial charge in [-0.05, 0) is 18.2 Å². The normalized spacial score (nSPS) is 11.5. The Balaban J connectivity index is 3.31. The van der Waals surface area contributed by atoms with Crippen molar-refractivity contribution < 1.29 is 18.0 Å². The predicted molar refractivity (Wildman–Crippen MR) is 46.0 cm³/mol. The van der Waals surface area contributed by atoms with E-state index < -0.39 is 23.1 Å². The van der Waals surface area contributed by atoms with Gasteiger partial charge in [0.1, 0.15) is 5.82 Å². The lowest BCUT2D eigenvalue weighted by Crippen LogP contribution is -2.23. The first kappa shape index (κ1) is 11.0. The van der Waals surface area contributed by atoms with Gasteiger partial charge in [-0.2, -0.15) is 8.78 Å². The topological polar surface area (TPSA) is 17.1 Å². The molecule has 0 unspecified atom stereocenters. The SMILES string of the molecule is CC(=O)C(F)(F)c1cc(F)ccc1Cl. The van der Waals surface area contributed by atoms with Crippen molar-refractivity contribution in [2.24, 2.45) is 0 Å². The molecular weight excluding hydrogens is 217 g/mol. The van der Waals surface area contributed by atoms with E-state index in [2.05, 4.69) is 0 Å². The molecule has 0 aliphatic carbocycles. The molecule has 1 rings (SSSR count). The molecule has 0 radical (unpaired) electrons. The molecule has 0 spiro atoms. The fourth-order valence-corrected chi connectivity index (χ4v) is 1.16. The monoisotopic (exact) mass is 222 g/mol. The molecule has 0 fully saturated rings. The Labute approximate surface area is 83.5 Å². The Morgan fingerprint density at radius 1 is 1.43 bits per heavy atom. The van der Waals surface area contributed by atoms with E-state index in [0.717, 1.165) is 19.1 Å². The summed E-state index contributed by atoms with van der Waals surface area (Å²) in [6, 6.07) is 2.49. The maximum Gasteiger partial charge on any atom is 0.331 e. The van der Waals surface area contributed by atoms with Gasteiger partial charge in [0, 0.05) is 6.92 Å². The van der Waals surface area contributed by atoms with Gasteiger partial charge in [0.15, 0.2) is 0 Å². The van der Waals surface area contributed by atoms with E-state index in [1.807, 2.05) is 0 Å². The molecule has 0 saturated heterocycles. The number of alkyl halides is 2. The Morgan fingerprint density at radius 3 is 2.50 bits per heavy atom. The molecule has 0 saturated carbocycles. The second-order valence-electron chi connectivity index (χ2n) is 2.75. The Hall–Kier alpha value is -1.03. The second kappa shape index (κ2) is 3.61. The molecule has 0 heterocycles. The van der Waals surface area contributed by atoms with Gasteiger partial charge in [0.05, 0.1) is 10.6 Å². The van der Waals surface area contributed by atoms with E-state index in [1.54, 1.807) is 0 Å². The minimum Gasteiger partial charge on any atom is -0.293 e. The summed E-state index contributed by atoms with van der Waals surface area (Å²) in [7, 11) is 0. The number of rotatable bonds is 2. The minimum absolute atomic E-state index is 0.327. The average molecular weight is 223 g/mol. The maximum atomic E-state index is 13.1. The molecule has 0 atom stereocenters. The number of carbonyl (C=O) groups excluding carboxylic acids is 1. The first-order valence-electron chi connectivity index (χ1n) is 3.70. The second-order valence-corrected chi connectivity index (χ2v) is 3.16. The third-order valence-corrected chi connectivity index (χ3v) is 2.04. The lowest BCUT2D eigenvalue weighted by Gasteiger charge is -2.14. The van der Waals surface area contributed by atoms with Crippen molar-refractivity contribution in [1.29, 1.82) is 0 Å². The Morgan fingerprint density at radius 2 is 2.00 bits per heavy atom. The summed E-state index contributed by atoms with van der Waals surface area (Å²) in [5.41, 5.74) is -0.799. The van der Waals surface area contributed by atoms with E-state index in [1.165, 1.54) is 0 Å². The highest BCUT2D eigenvalue weighted by Crippen LogP contribution is 2.34. The van der Waals surface area contributed by atoms with Crippen molar-refractivity contribution >= 4 is 17.4 Å². The highest BCUT2D eigenvalue weighted by Gasteiger charge is 2.39. The number of Topliss-reactive ketones (excluding diaryl/α,β-unsaturated/α-hetero) is 1. The van der Waals surface area contributed by atoms with E-state index in [4.69, 9.17) is 11.6 Å². The number of halogens is 4. The number of carbonyl (C=O) groups is 1. The quantitative estimate of drug-likeness (QED) is 0.751. The fraction of sp³-hybridized carbons (Fsp3) is 0.222. The molecule has 76 valence electrons. The molecule has 1 aromatic rings. The molecule has 5 heteroatoms. The number of hydrogen-bond acceptors (Lipinski definition) is 1. The summed E-state index contributed by atoms with van der Waals surface area (Å²) in [6.07, 6.45) is 0. The highest BCUT2D eigenvalue weighted by atomic mass is 35.5. The highest BCUT2D eigenvalue weighted by molar-refractivity contribution is 6.31. The minimum atomic E-state index is -3.74. The van der Waals surface area contributed by atoms with Crippen molar-refractivity contribution in [3.8, 4) is 0 Å². The number of benzene rings is 1. The average Bonchev–Trinajstić information content (AvgIpc) is 2.08. The predicted octanol–water partition coefficient (Wildman–Crippen LogP) is 3.16.